The average molecular weight is 267 g/mol. The van der Waals surface area contributed by atoms with Crippen molar-refractivity contribution in [2.24, 2.45) is 0 Å². The molecule has 1 aromatic carbocycles. The Morgan fingerprint density at radius 3 is 2.67 bits per heavy atom. The fourth-order valence-corrected chi connectivity index (χ4v) is 1.98. The molecule has 18 heavy (non-hydrogen) atoms. The molecule has 2 aromatic rings. The molecule has 0 bridgehead atoms. The fourth-order valence-electron chi connectivity index (χ4n) is 1.25. The SMILES string of the molecule is CC(C)(C)c1nsc(Oc2cc(F)ccc2N)n1. The first kappa shape index (κ1) is 12.8. The van der Waals surface area contributed by atoms with Gasteiger partial charge in [-0.05, 0) is 12.1 Å². The van der Waals surface area contributed by atoms with Gasteiger partial charge in [-0.1, -0.05) is 20.8 Å². The van der Waals surface area contributed by atoms with Gasteiger partial charge in [0.1, 0.15) is 5.82 Å². The molecule has 4 nitrogen and oxygen atoms in total. The highest BCUT2D eigenvalue weighted by Gasteiger charge is 2.20. The third-order valence-electron chi connectivity index (χ3n) is 2.25. The number of hydrogen-bond acceptors (Lipinski definition) is 5. The van der Waals surface area contributed by atoms with Gasteiger partial charge in [0.05, 0.1) is 5.69 Å². The van der Waals surface area contributed by atoms with Crippen molar-refractivity contribution < 1.29 is 9.13 Å². The second-order valence-corrected chi connectivity index (χ2v) is 5.63. The van der Waals surface area contributed by atoms with Crippen molar-refractivity contribution in [2.75, 3.05) is 5.73 Å². The van der Waals surface area contributed by atoms with Gasteiger partial charge in [-0.3, -0.25) is 0 Å². The number of ether oxygens (including phenoxy) is 1. The van der Waals surface area contributed by atoms with Crippen molar-refractivity contribution in [1.82, 2.24) is 9.36 Å². The van der Waals surface area contributed by atoms with Crippen LogP contribution in [-0.4, -0.2) is 9.36 Å². The van der Waals surface area contributed by atoms with Crippen LogP contribution in [0.5, 0.6) is 10.9 Å². The zero-order chi connectivity index (χ0) is 13.3. The minimum Gasteiger partial charge on any atom is -0.428 e. The fraction of sp³-hybridized carbons (Fsp3) is 0.333. The van der Waals surface area contributed by atoms with Gasteiger partial charge < -0.3 is 10.5 Å². The maximum absolute atomic E-state index is 13.1. The number of aromatic nitrogens is 2. The topological polar surface area (TPSA) is 61.0 Å². The standard InChI is InChI=1S/C12H14FN3OS/c1-12(2,3)10-15-11(18-16-10)17-9-6-7(13)4-5-8(9)14/h4-6H,14H2,1-3H3. The summed E-state index contributed by atoms with van der Waals surface area (Å²) in [6, 6.07) is 3.97. The zero-order valence-corrected chi connectivity index (χ0v) is 11.2. The third-order valence-corrected chi connectivity index (χ3v) is 2.85. The van der Waals surface area contributed by atoms with Crippen molar-refractivity contribution in [3.05, 3.63) is 29.8 Å². The normalized spacial score (nSPS) is 11.6. The summed E-state index contributed by atoms with van der Waals surface area (Å²) >= 11 is 1.12. The zero-order valence-electron chi connectivity index (χ0n) is 10.4. The Kier molecular flexibility index (Phi) is 3.21. The lowest BCUT2D eigenvalue weighted by atomic mass is 9.96. The minimum atomic E-state index is -0.403. The van der Waals surface area contributed by atoms with E-state index >= 15 is 0 Å². The summed E-state index contributed by atoms with van der Waals surface area (Å²) in [7, 11) is 0. The van der Waals surface area contributed by atoms with Gasteiger partial charge in [0.15, 0.2) is 11.6 Å². The first-order valence-electron chi connectivity index (χ1n) is 5.43. The molecule has 0 fully saturated rings. The number of benzene rings is 1. The molecule has 0 saturated carbocycles. The Hall–Kier alpha value is -1.69. The molecule has 1 heterocycles. The van der Waals surface area contributed by atoms with E-state index in [4.69, 9.17) is 10.5 Å². The van der Waals surface area contributed by atoms with Gasteiger partial charge in [-0.15, -0.1) is 0 Å². The van der Waals surface area contributed by atoms with Crippen LogP contribution in [0.3, 0.4) is 0 Å². The van der Waals surface area contributed by atoms with E-state index in [0.29, 0.717) is 16.7 Å². The van der Waals surface area contributed by atoms with E-state index in [2.05, 4.69) is 9.36 Å². The van der Waals surface area contributed by atoms with Gasteiger partial charge in [-0.2, -0.15) is 9.36 Å². The van der Waals surface area contributed by atoms with Crippen molar-refractivity contribution in [1.29, 1.82) is 0 Å². The predicted molar refractivity (Wildman–Crippen MR) is 69.5 cm³/mol. The van der Waals surface area contributed by atoms with Gasteiger partial charge in [0, 0.05) is 23.0 Å². The quantitative estimate of drug-likeness (QED) is 0.848. The molecule has 2 rings (SSSR count). The summed E-state index contributed by atoms with van der Waals surface area (Å²) in [4.78, 5) is 4.25. The highest BCUT2D eigenvalue weighted by Crippen LogP contribution is 2.31. The molecule has 0 saturated heterocycles. The van der Waals surface area contributed by atoms with Crippen LogP contribution >= 0.6 is 11.5 Å². The van der Waals surface area contributed by atoms with Crippen molar-refractivity contribution in [3.8, 4) is 10.9 Å². The molecule has 0 radical (unpaired) electrons. The molecule has 0 amide bonds. The highest BCUT2D eigenvalue weighted by atomic mass is 32.1. The van der Waals surface area contributed by atoms with E-state index in [1.807, 2.05) is 20.8 Å². The Morgan fingerprint density at radius 2 is 2.06 bits per heavy atom. The number of nitrogens with zero attached hydrogens (tertiary/aromatic N) is 2. The monoisotopic (exact) mass is 267 g/mol. The average Bonchev–Trinajstić information content (AvgIpc) is 2.71. The molecule has 0 atom stereocenters. The van der Waals surface area contributed by atoms with E-state index in [1.54, 1.807) is 0 Å². The highest BCUT2D eigenvalue weighted by molar-refractivity contribution is 7.07. The largest absolute Gasteiger partial charge is 0.428 e. The molecule has 0 unspecified atom stereocenters. The van der Waals surface area contributed by atoms with E-state index in [-0.39, 0.29) is 11.2 Å². The second-order valence-electron chi connectivity index (χ2n) is 4.92. The summed E-state index contributed by atoms with van der Waals surface area (Å²) in [5.74, 6) is 0.545. The van der Waals surface area contributed by atoms with E-state index in [1.165, 1.54) is 18.2 Å². The Labute approximate surface area is 109 Å². The molecule has 2 N–H and O–H groups in total. The molecule has 0 aliphatic heterocycles. The van der Waals surface area contributed by atoms with E-state index in [0.717, 1.165) is 11.5 Å². The van der Waals surface area contributed by atoms with Crippen LogP contribution in [-0.2, 0) is 5.41 Å². The Bertz CT molecular complexity index is 563. The lowest BCUT2D eigenvalue weighted by Gasteiger charge is -2.12. The van der Waals surface area contributed by atoms with Crippen LogP contribution in [0.2, 0.25) is 0 Å². The summed E-state index contributed by atoms with van der Waals surface area (Å²) in [5.41, 5.74) is 5.91. The van der Waals surface area contributed by atoms with Crippen LogP contribution in [0.25, 0.3) is 0 Å². The molecule has 1 aromatic heterocycles. The molecule has 6 heteroatoms. The molecular formula is C12H14FN3OS. The second kappa shape index (κ2) is 4.53. The first-order chi connectivity index (χ1) is 8.36. The lowest BCUT2D eigenvalue weighted by molar-refractivity contribution is 0.465. The Balaban J connectivity index is 2.24. The predicted octanol–water partition coefficient (Wildman–Crippen LogP) is 3.35. The minimum absolute atomic E-state index is 0.147. The number of rotatable bonds is 2. The van der Waals surface area contributed by atoms with Gasteiger partial charge in [-0.25, -0.2) is 4.39 Å². The number of halogens is 1. The summed E-state index contributed by atoms with van der Waals surface area (Å²) in [5, 5.41) is 0.359. The van der Waals surface area contributed by atoms with Gasteiger partial charge >= 0.3 is 0 Å². The molecule has 0 aliphatic rings. The first-order valence-corrected chi connectivity index (χ1v) is 6.20. The summed E-state index contributed by atoms with van der Waals surface area (Å²) in [6.45, 7) is 6.03. The van der Waals surface area contributed by atoms with Gasteiger partial charge in [0.25, 0.3) is 5.19 Å². The van der Waals surface area contributed by atoms with E-state index in [9.17, 15) is 4.39 Å². The smallest absolute Gasteiger partial charge is 0.298 e. The molecule has 0 aliphatic carbocycles. The molecule has 96 valence electrons. The number of nitrogen functional groups attached to an aromatic ring is 1. The number of hydrogen-bond donors (Lipinski definition) is 1. The van der Waals surface area contributed by atoms with Crippen molar-refractivity contribution >= 4 is 17.2 Å². The van der Waals surface area contributed by atoms with Crippen molar-refractivity contribution in [2.45, 2.75) is 26.2 Å². The number of nitrogens with two attached hydrogens (primary N) is 1. The lowest BCUT2D eigenvalue weighted by Crippen LogP contribution is -2.12. The number of anilines is 1. The maximum atomic E-state index is 13.1. The molecule has 0 spiro atoms. The summed E-state index contributed by atoms with van der Waals surface area (Å²) in [6.07, 6.45) is 0. The van der Waals surface area contributed by atoms with Crippen LogP contribution in [0.1, 0.15) is 26.6 Å². The van der Waals surface area contributed by atoms with Crippen LogP contribution in [0.4, 0.5) is 10.1 Å². The Morgan fingerprint density at radius 1 is 1.33 bits per heavy atom. The maximum Gasteiger partial charge on any atom is 0.298 e. The van der Waals surface area contributed by atoms with Gasteiger partial charge in [0.2, 0.25) is 0 Å². The van der Waals surface area contributed by atoms with Crippen molar-refractivity contribution in [3.63, 3.8) is 0 Å². The van der Waals surface area contributed by atoms with Crippen LogP contribution in [0.15, 0.2) is 18.2 Å². The van der Waals surface area contributed by atoms with E-state index < -0.39 is 5.82 Å². The summed E-state index contributed by atoms with van der Waals surface area (Å²) < 4.78 is 22.7. The third kappa shape index (κ3) is 2.76. The van der Waals surface area contributed by atoms with Crippen LogP contribution < -0.4 is 10.5 Å². The molecular weight excluding hydrogens is 253 g/mol. The van der Waals surface area contributed by atoms with Crippen LogP contribution in [0, 0.1) is 5.82 Å².